The van der Waals surface area contributed by atoms with Crippen LogP contribution in [0.25, 0.3) is 0 Å². The average molecular weight is 418 g/mol. The van der Waals surface area contributed by atoms with Gasteiger partial charge in [-0.2, -0.15) is 5.10 Å². The van der Waals surface area contributed by atoms with Crippen LogP contribution in [-0.4, -0.2) is 62.3 Å². The molecule has 2 aliphatic rings. The van der Waals surface area contributed by atoms with Gasteiger partial charge in [0.05, 0.1) is 12.8 Å². The third-order valence-electron chi connectivity index (χ3n) is 6.30. The van der Waals surface area contributed by atoms with Crippen molar-refractivity contribution < 1.29 is 9.53 Å². The zero-order chi connectivity index (χ0) is 21.3. The number of hydrogen-bond donors (Lipinski definition) is 0. The predicted octanol–water partition coefficient (Wildman–Crippen LogP) is 2.21. The number of carbonyl (C=O) groups is 1. The molecule has 2 aromatic heterocycles. The Hall–Kier alpha value is -3.03. The number of hydrogen-bond acceptors (Lipinski definition) is 5. The summed E-state index contributed by atoms with van der Waals surface area (Å²) in [6.07, 6.45) is 7.54. The molecular formula is C24H27N5O2. The molecule has 0 radical (unpaired) electrons. The van der Waals surface area contributed by atoms with E-state index in [1.165, 1.54) is 0 Å². The molecule has 2 saturated heterocycles. The molecule has 2 aliphatic heterocycles. The summed E-state index contributed by atoms with van der Waals surface area (Å²) >= 11 is 0. The van der Waals surface area contributed by atoms with Crippen LogP contribution < -0.4 is 0 Å². The van der Waals surface area contributed by atoms with E-state index in [0.29, 0.717) is 26.2 Å². The Morgan fingerprint density at radius 3 is 2.71 bits per heavy atom. The van der Waals surface area contributed by atoms with Crippen molar-refractivity contribution in [2.75, 3.05) is 26.2 Å². The van der Waals surface area contributed by atoms with Crippen molar-refractivity contribution in [3.05, 3.63) is 83.9 Å². The summed E-state index contributed by atoms with van der Waals surface area (Å²) in [4.78, 5) is 22.5. The molecule has 5 rings (SSSR count). The number of carbonyl (C=O) groups excluding carboxylic acids is 1. The quantitative estimate of drug-likeness (QED) is 0.637. The first-order valence-electron chi connectivity index (χ1n) is 10.7. The third kappa shape index (κ3) is 3.86. The van der Waals surface area contributed by atoms with Crippen LogP contribution in [0.1, 0.15) is 22.6 Å². The van der Waals surface area contributed by atoms with Gasteiger partial charge >= 0.3 is 0 Å². The lowest BCUT2D eigenvalue weighted by Crippen LogP contribution is -2.59. The van der Waals surface area contributed by atoms with E-state index in [0.717, 1.165) is 29.8 Å². The number of rotatable bonds is 5. The molecule has 2 fully saturated rings. The summed E-state index contributed by atoms with van der Waals surface area (Å²) in [5.74, 6) is 0.00841. The zero-order valence-electron chi connectivity index (χ0n) is 17.7. The fourth-order valence-electron chi connectivity index (χ4n) is 4.89. The summed E-state index contributed by atoms with van der Waals surface area (Å²) in [7, 11) is 1.92. The first-order chi connectivity index (χ1) is 15.1. The van der Waals surface area contributed by atoms with E-state index in [1.807, 2.05) is 59.5 Å². The molecule has 0 unspecified atom stereocenters. The number of morpholine rings is 1. The fourth-order valence-corrected chi connectivity index (χ4v) is 4.89. The molecule has 1 amide bonds. The molecule has 0 aliphatic carbocycles. The van der Waals surface area contributed by atoms with Gasteiger partial charge in [-0.3, -0.25) is 19.4 Å². The molecule has 4 heterocycles. The number of ether oxygens (including phenoxy) is 1. The van der Waals surface area contributed by atoms with Crippen LogP contribution in [0.5, 0.6) is 0 Å². The fraction of sp³-hybridized carbons (Fsp3) is 0.375. The standard InChI is InChI=1S/C24H27N5O2/c1-27-14-20(12-26-27)15-28-17-22(21-8-5-9-25-13-21)24(18-28)23(30)29(10-11-31-24)16-19-6-3-2-4-7-19/h2-9,12-14,22H,10-11,15-18H2,1H3/t22-,24+/m1/s1. The Kier molecular flexibility index (Phi) is 5.29. The van der Waals surface area contributed by atoms with E-state index >= 15 is 0 Å². The molecule has 0 bridgehead atoms. The molecule has 31 heavy (non-hydrogen) atoms. The van der Waals surface area contributed by atoms with Crippen LogP contribution in [0.15, 0.2) is 67.3 Å². The number of pyridine rings is 1. The van der Waals surface area contributed by atoms with Crippen molar-refractivity contribution in [1.29, 1.82) is 0 Å². The van der Waals surface area contributed by atoms with Crippen LogP contribution in [0.2, 0.25) is 0 Å². The highest BCUT2D eigenvalue weighted by atomic mass is 16.5. The molecule has 1 spiro atoms. The molecule has 7 nitrogen and oxygen atoms in total. The molecule has 7 heteroatoms. The summed E-state index contributed by atoms with van der Waals surface area (Å²) in [6.45, 7) is 3.79. The van der Waals surface area contributed by atoms with Crippen molar-refractivity contribution in [3.8, 4) is 0 Å². The highest BCUT2D eigenvalue weighted by Gasteiger charge is 2.57. The second kappa shape index (κ2) is 8.24. The summed E-state index contributed by atoms with van der Waals surface area (Å²) in [6, 6.07) is 14.1. The van der Waals surface area contributed by atoms with Gasteiger partial charge in [0.2, 0.25) is 0 Å². The SMILES string of the molecule is Cn1cc(CN2C[C@H](c3cccnc3)[C@]3(C2)OCCN(Cc2ccccc2)C3=O)cn1. The van der Waals surface area contributed by atoms with E-state index in [-0.39, 0.29) is 11.8 Å². The Morgan fingerprint density at radius 2 is 1.97 bits per heavy atom. The second-order valence-corrected chi connectivity index (χ2v) is 8.48. The second-order valence-electron chi connectivity index (χ2n) is 8.48. The summed E-state index contributed by atoms with van der Waals surface area (Å²) in [5.41, 5.74) is 2.43. The maximum atomic E-state index is 13.9. The smallest absolute Gasteiger partial charge is 0.257 e. The Morgan fingerprint density at radius 1 is 1.10 bits per heavy atom. The highest BCUT2D eigenvalue weighted by Crippen LogP contribution is 2.42. The van der Waals surface area contributed by atoms with Gasteiger partial charge in [0.15, 0.2) is 5.60 Å². The van der Waals surface area contributed by atoms with E-state index < -0.39 is 5.60 Å². The van der Waals surface area contributed by atoms with Crippen molar-refractivity contribution >= 4 is 5.91 Å². The molecule has 3 aromatic rings. The molecule has 160 valence electrons. The maximum Gasteiger partial charge on any atom is 0.257 e. The monoisotopic (exact) mass is 417 g/mol. The van der Waals surface area contributed by atoms with E-state index in [2.05, 4.69) is 33.2 Å². The average Bonchev–Trinajstić information content (AvgIpc) is 3.37. The Bertz CT molecular complexity index is 1040. The lowest BCUT2D eigenvalue weighted by molar-refractivity contribution is -0.173. The minimum Gasteiger partial charge on any atom is -0.361 e. The molecule has 0 saturated carbocycles. The molecule has 0 N–H and O–H groups in total. The maximum absolute atomic E-state index is 13.9. The first-order valence-corrected chi connectivity index (χ1v) is 10.7. The van der Waals surface area contributed by atoms with Crippen LogP contribution >= 0.6 is 0 Å². The predicted molar refractivity (Wildman–Crippen MR) is 116 cm³/mol. The van der Waals surface area contributed by atoms with Crippen LogP contribution in [0.4, 0.5) is 0 Å². The third-order valence-corrected chi connectivity index (χ3v) is 6.30. The van der Waals surface area contributed by atoms with Crippen LogP contribution in [0.3, 0.4) is 0 Å². The molecular weight excluding hydrogens is 390 g/mol. The minimum atomic E-state index is -0.891. The van der Waals surface area contributed by atoms with Crippen molar-refractivity contribution in [2.24, 2.45) is 7.05 Å². The van der Waals surface area contributed by atoms with Gasteiger partial charge in [0, 0.05) is 69.8 Å². The Labute approximate surface area is 182 Å². The van der Waals surface area contributed by atoms with Gasteiger partial charge in [-0.15, -0.1) is 0 Å². The summed E-state index contributed by atoms with van der Waals surface area (Å²) in [5, 5.41) is 4.29. The van der Waals surface area contributed by atoms with Gasteiger partial charge < -0.3 is 9.64 Å². The van der Waals surface area contributed by atoms with E-state index in [9.17, 15) is 4.79 Å². The minimum absolute atomic E-state index is 0.0658. The van der Waals surface area contributed by atoms with E-state index in [4.69, 9.17) is 4.74 Å². The van der Waals surface area contributed by atoms with Gasteiger partial charge in [0.1, 0.15) is 0 Å². The lowest BCUT2D eigenvalue weighted by Gasteiger charge is -2.42. The largest absolute Gasteiger partial charge is 0.361 e. The number of benzene rings is 1. The molecule has 2 atom stereocenters. The normalized spacial score (nSPS) is 24.2. The molecule has 1 aromatic carbocycles. The van der Waals surface area contributed by atoms with Gasteiger partial charge in [-0.05, 0) is 17.2 Å². The van der Waals surface area contributed by atoms with Crippen LogP contribution in [-0.2, 0) is 29.7 Å². The topological polar surface area (TPSA) is 63.5 Å². The van der Waals surface area contributed by atoms with Crippen LogP contribution in [0, 0.1) is 0 Å². The van der Waals surface area contributed by atoms with Gasteiger partial charge in [-0.1, -0.05) is 36.4 Å². The number of nitrogens with zero attached hydrogens (tertiary/aromatic N) is 5. The lowest BCUT2D eigenvalue weighted by atomic mass is 9.83. The van der Waals surface area contributed by atoms with Gasteiger partial charge in [-0.25, -0.2) is 0 Å². The number of likely N-dealkylation sites (tertiary alicyclic amines) is 1. The highest BCUT2D eigenvalue weighted by molar-refractivity contribution is 5.88. The first kappa shape index (κ1) is 19.9. The van der Waals surface area contributed by atoms with E-state index in [1.54, 1.807) is 6.20 Å². The van der Waals surface area contributed by atoms with Gasteiger partial charge in [0.25, 0.3) is 5.91 Å². The number of aromatic nitrogens is 3. The Balaban J connectivity index is 1.44. The number of amides is 1. The van der Waals surface area contributed by atoms with Crippen molar-refractivity contribution in [3.63, 3.8) is 0 Å². The van der Waals surface area contributed by atoms with Crippen molar-refractivity contribution in [2.45, 2.75) is 24.6 Å². The van der Waals surface area contributed by atoms with Crippen molar-refractivity contribution in [1.82, 2.24) is 24.6 Å². The number of aryl methyl sites for hydroxylation is 1. The zero-order valence-corrected chi connectivity index (χ0v) is 17.7. The summed E-state index contributed by atoms with van der Waals surface area (Å²) < 4.78 is 8.17.